The van der Waals surface area contributed by atoms with Crippen molar-refractivity contribution in [2.75, 3.05) is 20.2 Å². The Morgan fingerprint density at radius 1 is 1.48 bits per heavy atom. The lowest BCUT2D eigenvalue weighted by Crippen LogP contribution is -2.62. The van der Waals surface area contributed by atoms with E-state index in [2.05, 4.69) is 12.0 Å². The highest BCUT2D eigenvalue weighted by Gasteiger charge is 2.56. The van der Waals surface area contributed by atoms with Crippen LogP contribution in [0.3, 0.4) is 0 Å². The molecule has 0 unspecified atom stereocenters. The van der Waals surface area contributed by atoms with Gasteiger partial charge in [-0.05, 0) is 26.2 Å². The first-order chi connectivity index (χ1) is 11.0. The van der Waals surface area contributed by atoms with E-state index in [0.29, 0.717) is 25.1 Å². The van der Waals surface area contributed by atoms with Crippen LogP contribution in [0.25, 0.3) is 0 Å². The number of hydrogen-bond acceptors (Lipinski definition) is 4. The van der Waals surface area contributed by atoms with Crippen LogP contribution in [0.4, 0.5) is 0 Å². The Balaban J connectivity index is 1.67. The summed E-state index contributed by atoms with van der Waals surface area (Å²) in [6.07, 6.45) is 4.85. The number of ether oxygens (including phenoxy) is 1. The number of carbonyl (C=O) groups excluding carboxylic acids is 1. The van der Waals surface area contributed by atoms with Gasteiger partial charge in [-0.2, -0.15) is 5.10 Å². The van der Waals surface area contributed by atoms with Gasteiger partial charge in [-0.1, -0.05) is 6.92 Å². The molecule has 1 aliphatic carbocycles. The summed E-state index contributed by atoms with van der Waals surface area (Å²) in [4.78, 5) is 14.7. The first kappa shape index (κ1) is 16.5. The van der Waals surface area contributed by atoms with Gasteiger partial charge in [-0.3, -0.25) is 9.48 Å². The molecule has 1 N–H and O–H groups in total. The number of rotatable bonds is 4. The van der Waals surface area contributed by atoms with Crippen LogP contribution in [0, 0.1) is 12.3 Å². The molecule has 1 amide bonds. The second-order valence-corrected chi connectivity index (χ2v) is 6.87. The lowest BCUT2D eigenvalue weighted by Gasteiger charge is -2.56. The number of aromatic nitrogens is 2. The van der Waals surface area contributed by atoms with E-state index in [1.54, 1.807) is 13.3 Å². The fraction of sp³-hybridized carbons (Fsp3) is 0.765. The third kappa shape index (κ3) is 2.58. The molecule has 1 aromatic heterocycles. The normalized spacial score (nSPS) is 26.3. The summed E-state index contributed by atoms with van der Waals surface area (Å²) in [5, 5.41) is 14.5. The van der Waals surface area contributed by atoms with E-state index in [0.717, 1.165) is 31.5 Å². The summed E-state index contributed by atoms with van der Waals surface area (Å²) >= 11 is 0. The summed E-state index contributed by atoms with van der Waals surface area (Å²) in [6.45, 7) is 6.24. The van der Waals surface area contributed by atoms with Crippen LogP contribution in [0.5, 0.6) is 0 Å². The van der Waals surface area contributed by atoms with E-state index < -0.39 is 0 Å². The molecule has 2 atom stereocenters. The smallest absolute Gasteiger partial charge is 0.257 e. The van der Waals surface area contributed by atoms with Gasteiger partial charge in [0.05, 0.1) is 24.0 Å². The average molecular weight is 321 g/mol. The molecule has 2 heterocycles. The summed E-state index contributed by atoms with van der Waals surface area (Å²) in [6, 6.07) is 0. The Hall–Kier alpha value is -1.40. The van der Waals surface area contributed by atoms with E-state index in [1.165, 1.54) is 0 Å². The van der Waals surface area contributed by atoms with E-state index in [4.69, 9.17) is 4.74 Å². The summed E-state index contributed by atoms with van der Waals surface area (Å²) in [7, 11) is 1.71. The van der Waals surface area contributed by atoms with Crippen molar-refractivity contribution in [3.05, 3.63) is 17.5 Å². The molecule has 6 heteroatoms. The Bertz CT molecular complexity index is 576. The summed E-state index contributed by atoms with van der Waals surface area (Å²) in [5.74, 6) is 0.0579. The molecule has 1 saturated carbocycles. The van der Waals surface area contributed by atoms with E-state index >= 15 is 0 Å². The minimum absolute atomic E-state index is 0.0579. The Labute approximate surface area is 137 Å². The second-order valence-electron chi connectivity index (χ2n) is 6.87. The van der Waals surface area contributed by atoms with Gasteiger partial charge in [-0.25, -0.2) is 0 Å². The van der Waals surface area contributed by atoms with Crippen molar-refractivity contribution < 1.29 is 14.6 Å². The number of aliphatic hydroxyl groups excluding tert-OH is 1. The van der Waals surface area contributed by atoms with Crippen LogP contribution in [0.2, 0.25) is 0 Å². The molecule has 3 rings (SSSR count). The fourth-order valence-electron chi connectivity index (χ4n) is 4.10. The molecule has 2 fully saturated rings. The van der Waals surface area contributed by atoms with E-state index in [-0.39, 0.29) is 23.5 Å². The van der Waals surface area contributed by atoms with Gasteiger partial charge in [0.1, 0.15) is 0 Å². The van der Waals surface area contributed by atoms with Crippen LogP contribution in [0.1, 0.15) is 48.7 Å². The van der Waals surface area contributed by atoms with Crippen molar-refractivity contribution in [3.8, 4) is 0 Å². The number of amides is 1. The summed E-state index contributed by atoms with van der Waals surface area (Å²) < 4.78 is 7.40. The van der Waals surface area contributed by atoms with Crippen LogP contribution in [0.15, 0.2) is 6.20 Å². The average Bonchev–Trinajstić information content (AvgIpc) is 2.93. The number of aryl methyl sites for hydroxylation is 1. The Morgan fingerprint density at radius 3 is 2.74 bits per heavy atom. The third-order valence-electron chi connectivity index (χ3n) is 5.78. The molecule has 0 bridgehead atoms. The highest BCUT2D eigenvalue weighted by atomic mass is 16.5. The quantitative estimate of drug-likeness (QED) is 0.915. The van der Waals surface area contributed by atoms with Crippen LogP contribution in [-0.2, 0) is 11.3 Å². The molecule has 0 aromatic carbocycles. The van der Waals surface area contributed by atoms with Gasteiger partial charge in [0.25, 0.3) is 5.91 Å². The molecular formula is C17H27N3O3. The van der Waals surface area contributed by atoms with E-state index in [1.807, 2.05) is 16.5 Å². The van der Waals surface area contributed by atoms with Crippen LogP contribution < -0.4 is 0 Å². The maximum absolute atomic E-state index is 12.8. The number of aliphatic hydroxyl groups is 1. The number of piperidine rings is 1. The van der Waals surface area contributed by atoms with Crippen molar-refractivity contribution in [2.45, 2.75) is 58.3 Å². The third-order valence-corrected chi connectivity index (χ3v) is 5.78. The number of hydrogen-bond donors (Lipinski definition) is 1. The second kappa shape index (κ2) is 6.24. The molecule has 2 aliphatic rings. The molecule has 1 saturated heterocycles. The van der Waals surface area contributed by atoms with Crippen LogP contribution >= 0.6 is 0 Å². The lowest BCUT2D eigenvalue weighted by molar-refractivity contribution is -0.199. The first-order valence-corrected chi connectivity index (χ1v) is 8.56. The van der Waals surface area contributed by atoms with Gasteiger partial charge in [0, 0.05) is 44.3 Å². The summed E-state index contributed by atoms with van der Waals surface area (Å²) in [5.41, 5.74) is 1.50. The minimum Gasteiger partial charge on any atom is -0.392 e. The monoisotopic (exact) mass is 321 g/mol. The topological polar surface area (TPSA) is 67.6 Å². The zero-order valence-electron chi connectivity index (χ0n) is 14.3. The zero-order chi connectivity index (χ0) is 16.6. The van der Waals surface area contributed by atoms with Crippen LogP contribution in [-0.4, -0.2) is 58.1 Å². The Morgan fingerprint density at radius 2 is 2.17 bits per heavy atom. The van der Waals surface area contributed by atoms with Crippen molar-refractivity contribution >= 4 is 5.91 Å². The fourth-order valence-corrected chi connectivity index (χ4v) is 4.10. The van der Waals surface area contributed by atoms with Gasteiger partial charge >= 0.3 is 0 Å². The molecule has 1 aliphatic heterocycles. The predicted octanol–water partition coefficient (Wildman–Crippen LogP) is 1.60. The SMILES string of the molecule is CCCn1ncc(C(=O)N2CCC3(CC2)[C@@H](O)C[C@H]3OC)c1C. The molecule has 0 radical (unpaired) electrons. The maximum atomic E-state index is 12.8. The van der Waals surface area contributed by atoms with Crippen molar-refractivity contribution in [1.82, 2.24) is 14.7 Å². The molecule has 1 aromatic rings. The highest BCUT2D eigenvalue weighted by Crippen LogP contribution is 2.50. The molecule has 6 nitrogen and oxygen atoms in total. The van der Waals surface area contributed by atoms with Crippen molar-refractivity contribution in [1.29, 1.82) is 0 Å². The number of likely N-dealkylation sites (tertiary alicyclic amines) is 1. The van der Waals surface area contributed by atoms with E-state index in [9.17, 15) is 9.90 Å². The highest BCUT2D eigenvalue weighted by molar-refractivity contribution is 5.95. The lowest BCUT2D eigenvalue weighted by atomic mass is 9.58. The van der Waals surface area contributed by atoms with Crippen molar-refractivity contribution in [2.24, 2.45) is 5.41 Å². The zero-order valence-corrected chi connectivity index (χ0v) is 14.3. The maximum Gasteiger partial charge on any atom is 0.257 e. The Kier molecular flexibility index (Phi) is 4.47. The van der Waals surface area contributed by atoms with Gasteiger partial charge < -0.3 is 14.7 Å². The first-order valence-electron chi connectivity index (χ1n) is 8.56. The van der Waals surface area contributed by atoms with Gasteiger partial charge in [-0.15, -0.1) is 0 Å². The van der Waals surface area contributed by atoms with Gasteiger partial charge in [0.2, 0.25) is 0 Å². The molecule has 128 valence electrons. The standard InChI is InChI=1S/C17H27N3O3/c1-4-7-20-12(2)13(11-18-20)16(22)19-8-5-17(6-9-19)14(21)10-15(17)23-3/h11,14-15,21H,4-10H2,1-3H3/t14-,15+/m0/s1. The molecular weight excluding hydrogens is 294 g/mol. The molecule has 1 spiro atoms. The van der Waals surface area contributed by atoms with Gasteiger partial charge in [0.15, 0.2) is 0 Å². The number of nitrogens with zero attached hydrogens (tertiary/aromatic N) is 3. The van der Waals surface area contributed by atoms with Crippen molar-refractivity contribution in [3.63, 3.8) is 0 Å². The molecule has 23 heavy (non-hydrogen) atoms. The minimum atomic E-state index is -0.293. The largest absolute Gasteiger partial charge is 0.392 e. The number of carbonyl (C=O) groups is 1. The number of methoxy groups -OCH3 is 1. The predicted molar refractivity (Wildman–Crippen MR) is 86.2 cm³/mol.